The topological polar surface area (TPSA) is 83.0 Å². The van der Waals surface area contributed by atoms with E-state index in [-0.39, 0.29) is 16.8 Å². The van der Waals surface area contributed by atoms with E-state index in [0.29, 0.717) is 0 Å². The SMILES string of the molecule is Cn1nc(C(F)(F)F)cc1Oc1nc(C(N)=O)cs1. The van der Waals surface area contributed by atoms with Crippen LogP contribution in [0.1, 0.15) is 16.2 Å². The number of nitrogens with zero attached hydrogens (tertiary/aromatic N) is 3. The zero-order chi connectivity index (χ0) is 14.2. The van der Waals surface area contributed by atoms with Crippen molar-refractivity contribution in [1.29, 1.82) is 0 Å². The molecule has 0 saturated heterocycles. The molecule has 0 unspecified atom stereocenters. The molecule has 0 saturated carbocycles. The molecule has 2 rings (SSSR count). The summed E-state index contributed by atoms with van der Waals surface area (Å²) in [6, 6.07) is 0.741. The van der Waals surface area contributed by atoms with Crippen LogP contribution < -0.4 is 10.5 Å². The monoisotopic (exact) mass is 292 g/mol. The third-order valence-corrected chi connectivity index (χ3v) is 2.77. The highest BCUT2D eigenvalue weighted by Gasteiger charge is 2.35. The number of carbonyl (C=O) groups is 1. The smallest absolute Gasteiger partial charge is 0.412 e. The van der Waals surface area contributed by atoms with Gasteiger partial charge in [-0.05, 0) is 0 Å². The molecule has 0 radical (unpaired) electrons. The van der Waals surface area contributed by atoms with Crippen LogP contribution in [-0.2, 0) is 13.2 Å². The summed E-state index contributed by atoms with van der Waals surface area (Å²) in [5, 5.41) is 4.62. The van der Waals surface area contributed by atoms with Gasteiger partial charge in [0.25, 0.3) is 11.1 Å². The second-order valence-corrected chi connectivity index (χ2v) is 4.27. The highest BCUT2D eigenvalue weighted by atomic mass is 32.1. The van der Waals surface area contributed by atoms with Gasteiger partial charge in [-0.1, -0.05) is 11.3 Å². The zero-order valence-corrected chi connectivity index (χ0v) is 10.2. The van der Waals surface area contributed by atoms with Crippen LogP contribution in [0.3, 0.4) is 0 Å². The van der Waals surface area contributed by atoms with Crippen molar-refractivity contribution in [2.75, 3.05) is 0 Å². The van der Waals surface area contributed by atoms with Crippen LogP contribution in [0, 0.1) is 0 Å². The van der Waals surface area contributed by atoms with E-state index in [9.17, 15) is 18.0 Å². The number of aromatic nitrogens is 3. The maximum absolute atomic E-state index is 12.4. The molecular formula is C9H7F3N4O2S. The number of thiazole rings is 1. The minimum Gasteiger partial charge on any atom is -0.412 e. The van der Waals surface area contributed by atoms with Gasteiger partial charge in [-0.25, -0.2) is 4.68 Å². The minimum atomic E-state index is -4.55. The number of nitrogens with two attached hydrogens (primary N) is 1. The summed E-state index contributed by atoms with van der Waals surface area (Å²) >= 11 is 0.942. The summed E-state index contributed by atoms with van der Waals surface area (Å²) in [7, 11) is 1.30. The van der Waals surface area contributed by atoms with Crippen LogP contribution in [0.5, 0.6) is 11.1 Å². The van der Waals surface area contributed by atoms with Crippen molar-refractivity contribution in [3.05, 3.63) is 22.8 Å². The van der Waals surface area contributed by atoms with Crippen molar-refractivity contribution in [3.8, 4) is 11.1 Å². The number of aryl methyl sites for hydroxylation is 1. The highest BCUT2D eigenvalue weighted by Crippen LogP contribution is 2.32. The number of rotatable bonds is 3. The van der Waals surface area contributed by atoms with E-state index >= 15 is 0 Å². The lowest BCUT2D eigenvalue weighted by molar-refractivity contribution is -0.141. The Kier molecular flexibility index (Phi) is 3.18. The first-order chi connectivity index (χ1) is 8.77. The van der Waals surface area contributed by atoms with Gasteiger partial charge in [0.2, 0.25) is 5.88 Å². The fourth-order valence-electron chi connectivity index (χ4n) is 1.19. The molecular weight excluding hydrogens is 285 g/mol. The van der Waals surface area contributed by atoms with Gasteiger partial charge >= 0.3 is 6.18 Å². The van der Waals surface area contributed by atoms with Gasteiger partial charge in [-0.15, -0.1) is 0 Å². The number of amides is 1. The first kappa shape index (κ1) is 13.3. The number of primary amides is 1. The first-order valence-electron chi connectivity index (χ1n) is 4.82. The lowest BCUT2D eigenvalue weighted by atomic mass is 10.4. The van der Waals surface area contributed by atoms with E-state index < -0.39 is 17.8 Å². The zero-order valence-electron chi connectivity index (χ0n) is 9.43. The molecule has 10 heteroatoms. The van der Waals surface area contributed by atoms with Crippen LogP contribution in [0.25, 0.3) is 0 Å². The van der Waals surface area contributed by atoms with Crippen molar-refractivity contribution in [1.82, 2.24) is 14.8 Å². The maximum atomic E-state index is 12.4. The average Bonchev–Trinajstić information content (AvgIpc) is 2.86. The Hall–Kier alpha value is -2.10. The lowest BCUT2D eigenvalue weighted by Gasteiger charge is -1.99. The molecule has 0 aromatic carbocycles. The van der Waals surface area contributed by atoms with Crippen LogP contribution in [0.2, 0.25) is 0 Å². The quantitative estimate of drug-likeness (QED) is 0.934. The fourth-order valence-corrected chi connectivity index (χ4v) is 1.86. The number of carbonyl (C=O) groups excluding carboxylic acids is 1. The summed E-state index contributed by atoms with van der Waals surface area (Å²) in [5.74, 6) is -0.884. The molecule has 2 aromatic heterocycles. The predicted molar refractivity (Wildman–Crippen MR) is 58.9 cm³/mol. The number of hydrogen-bond donors (Lipinski definition) is 1. The molecule has 102 valence electrons. The number of ether oxygens (including phenoxy) is 1. The average molecular weight is 292 g/mol. The van der Waals surface area contributed by atoms with Gasteiger partial charge < -0.3 is 10.5 Å². The molecule has 1 amide bonds. The van der Waals surface area contributed by atoms with Gasteiger partial charge in [-0.2, -0.15) is 23.3 Å². The molecule has 0 spiro atoms. The highest BCUT2D eigenvalue weighted by molar-refractivity contribution is 7.11. The summed E-state index contributed by atoms with van der Waals surface area (Å²) in [6.07, 6.45) is -4.55. The van der Waals surface area contributed by atoms with Crippen molar-refractivity contribution in [2.45, 2.75) is 6.18 Å². The van der Waals surface area contributed by atoms with Gasteiger partial charge in [-0.3, -0.25) is 4.79 Å². The summed E-state index contributed by atoms with van der Waals surface area (Å²) in [4.78, 5) is 14.5. The van der Waals surface area contributed by atoms with Gasteiger partial charge in [0.05, 0.1) is 0 Å². The molecule has 2 N–H and O–H groups in total. The van der Waals surface area contributed by atoms with E-state index in [2.05, 4.69) is 10.1 Å². The molecule has 6 nitrogen and oxygen atoms in total. The normalized spacial score (nSPS) is 11.6. The van der Waals surface area contributed by atoms with Crippen molar-refractivity contribution < 1.29 is 22.7 Å². The lowest BCUT2D eigenvalue weighted by Crippen LogP contribution is -2.10. The Labute approximate surface area is 108 Å². The van der Waals surface area contributed by atoms with Crippen LogP contribution in [-0.4, -0.2) is 20.7 Å². The molecule has 0 aliphatic carbocycles. The maximum Gasteiger partial charge on any atom is 0.435 e. The third-order valence-electron chi connectivity index (χ3n) is 2.05. The standard InChI is InChI=1S/C9H7F3N4O2S/c1-16-6(2-5(15-16)9(10,11)12)18-8-14-4(3-19-8)7(13)17/h2-3H,1H3,(H2,13,17). The van der Waals surface area contributed by atoms with E-state index in [1.807, 2.05) is 0 Å². The second kappa shape index (κ2) is 4.53. The van der Waals surface area contributed by atoms with E-state index in [4.69, 9.17) is 10.5 Å². The minimum absolute atomic E-state index is 0.00512. The van der Waals surface area contributed by atoms with Gasteiger partial charge in [0.15, 0.2) is 5.69 Å². The van der Waals surface area contributed by atoms with Crippen LogP contribution in [0.15, 0.2) is 11.4 Å². The summed E-state index contributed by atoms with van der Waals surface area (Å²) in [5.41, 5.74) is 3.91. The van der Waals surface area contributed by atoms with E-state index in [1.54, 1.807) is 0 Å². The Balaban J connectivity index is 2.23. The first-order valence-corrected chi connectivity index (χ1v) is 5.70. The third kappa shape index (κ3) is 2.84. The Morgan fingerprint density at radius 2 is 2.21 bits per heavy atom. The van der Waals surface area contributed by atoms with Gasteiger partial charge in [0, 0.05) is 18.5 Å². The van der Waals surface area contributed by atoms with Crippen molar-refractivity contribution in [3.63, 3.8) is 0 Å². The number of hydrogen-bond acceptors (Lipinski definition) is 5. The Morgan fingerprint density at radius 3 is 2.68 bits per heavy atom. The Bertz CT molecular complexity index is 619. The van der Waals surface area contributed by atoms with Crippen molar-refractivity contribution in [2.24, 2.45) is 12.8 Å². The molecule has 0 fully saturated rings. The molecule has 2 heterocycles. The molecule has 0 aliphatic rings. The summed E-state index contributed by atoms with van der Waals surface area (Å²) < 4.78 is 43.3. The molecule has 0 aliphatic heterocycles. The van der Waals surface area contributed by atoms with Crippen LogP contribution >= 0.6 is 11.3 Å². The fraction of sp³-hybridized carbons (Fsp3) is 0.222. The van der Waals surface area contributed by atoms with Crippen molar-refractivity contribution >= 4 is 17.2 Å². The molecule has 19 heavy (non-hydrogen) atoms. The molecule has 0 bridgehead atoms. The largest absolute Gasteiger partial charge is 0.435 e. The van der Waals surface area contributed by atoms with Gasteiger partial charge in [0.1, 0.15) is 5.69 Å². The second-order valence-electron chi connectivity index (χ2n) is 3.45. The Morgan fingerprint density at radius 1 is 1.53 bits per heavy atom. The molecule has 0 atom stereocenters. The summed E-state index contributed by atoms with van der Waals surface area (Å²) in [6.45, 7) is 0. The van der Waals surface area contributed by atoms with E-state index in [1.165, 1.54) is 12.4 Å². The number of halogens is 3. The van der Waals surface area contributed by atoms with E-state index in [0.717, 1.165) is 22.1 Å². The molecule has 2 aromatic rings. The predicted octanol–water partition coefficient (Wildman–Crippen LogP) is 1.79. The van der Waals surface area contributed by atoms with Crippen LogP contribution in [0.4, 0.5) is 13.2 Å². The number of alkyl halides is 3.